The van der Waals surface area contributed by atoms with Crippen LogP contribution in [0.25, 0.3) is 55.0 Å². The van der Waals surface area contributed by atoms with Crippen LogP contribution in [0.4, 0.5) is 0 Å². The smallest absolute Gasteiger partial charge is 0.308 e. The van der Waals surface area contributed by atoms with Gasteiger partial charge in [0, 0.05) is 55.4 Å². The summed E-state index contributed by atoms with van der Waals surface area (Å²) >= 11 is 0. The molecule has 0 atom stereocenters. The highest BCUT2D eigenvalue weighted by Crippen LogP contribution is 2.54. The number of aromatic nitrogens is 2. The summed E-state index contributed by atoms with van der Waals surface area (Å²) in [7, 11) is 5.01. The maximum Gasteiger partial charge on any atom is 0.308 e. The maximum atomic E-state index is 15.9. The molecule has 0 aliphatic rings. The number of hydrogen-bond donors (Lipinski definition) is 0. The van der Waals surface area contributed by atoms with Crippen molar-refractivity contribution in [1.82, 2.24) is 9.13 Å². The van der Waals surface area contributed by atoms with Crippen molar-refractivity contribution < 1.29 is 42.7 Å². The molecule has 0 bridgehead atoms. The Balaban J connectivity index is 1.49. The van der Waals surface area contributed by atoms with Crippen LogP contribution in [0.1, 0.15) is 34.1 Å². The summed E-state index contributed by atoms with van der Waals surface area (Å²) < 4.78 is 46.9. The van der Waals surface area contributed by atoms with Gasteiger partial charge in [-0.3, -0.25) is 9.59 Å². The lowest BCUT2D eigenvalue weighted by molar-refractivity contribution is -0.131. The van der Waals surface area contributed by atoms with Gasteiger partial charge in [-0.15, -0.1) is 0 Å². The van der Waals surface area contributed by atoms with E-state index in [-0.39, 0.29) is 12.5 Å². The van der Waals surface area contributed by atoms with E-state index in [4.69, 9.17) is 33.2 Å². The van der Waals surface area contributed by atoms with Crippen molar-refractivity contribution in [2.24, 2.45) is 0 Å². The number of ether oxygens (including phenoxy) is 7. The number of esters is 1. The number of fused-ring (bicyclic) bond motifs is 5. The number of ketones is 1. The minimum Gasteiger partial charge on any atom is -0.497 e. The topological polar surface area (TPSA) is 109 Å². The molecule has 368 valence electrons. The number of benzene rings is 7. The number of aryl methyl sites for hydroxylation is 2. The molecule has 0 radical (unpaired) electrons. The van der Waals surface area contributed by atoms with Gasteiger partial charge in [0.05, 0.1) is 56.2 Å². The summed E-state index contributed by atoms with van der Waals surface area (Å²) in [6.45, 7) is 9.71. The molecule has 0 spiro atoms. The standard InChI is InChI=1S/C60H60N2O9Si/c1-39(63)71-60-52(43-21-29-47(67-4)30-22-43)56-54(53-49-15-12-16-50(70-37-41-13-10-9-11-14-41)55(49)62(58(53)60)38-69-35-36-72(6,7)8)51(42-19-27-46(66-3)28-20-42)57(59(64)44-23-31-48(68-5)32-24-44)61(56)34-33-40-17-25-45(65-2)26-18-40/h9-32H,33-38H2,1-8H3. The molecule has 12 heteroatoms. The first-order valence-corrected chi connectivity index (χ1v) is 27.8. The van der Waals surface area contributed by atoms with Gasteiger partial charge in [0.25, 0.3) is 0 Å². The molecule has 0 N–H and O–H groups in total. The number of carbonyl (C=O) groups is 2. The zero-order valence-corrected chi connectivity index (χ0v) is 43.2. The Morgan fingerprint density at radius 2 is 1.12 bits per heavy atom. The summed E-state index contributed by atoms with van der Waals surface area (Å²) in [5.41, 5.74) is 7.88. The average Bonchev–Trinajstić information content (AvgIpc) is 3.91. The molecule has 0 amide bonds. The molecule has 9 aromatic rings. The lowest BCUT2D eigenvalue weighted by Crippen LogP contribution is -2.22. The Morgan fingerprint density at radius 1 is 0.556 bits per heavy atom. The van der Waals surface area contributed by atoms with E-state index in [1.165, 1.54) is 6.92 Å². The van der Waals surface area contributed by atoms with Crippen LogP contribution < -0.4 is 28.4 Å². The van der Waals surface area contributed by atoms with Crippen LogP contribution in [-0.2, 0) is 35.8 Å². The zero-order chi connectivity index (χ0) is 50.5. The van der Waals surface area contributed by atoms with Gasteiger partial charge in [-0.1, -0.05) is 98.5 Å². The van der Waals surface area contributed by atoms with Gasteiger partial charge in [-0.25, -0.2) is 0 Å². The van der Waals surface area contributed by atoms with Gasteiger partial charge in [0.15, 0.2) is 5.75 Å². The largest absolute Gasteiger partial charge is 0.497 e. The molecule has 7 aromatic carbocycles. The van der Waals surface area contributed by atoms with Crippen LogP contribution in [0.5, 0.6) is 34.5 Å². The molecular weight excluding hydrogens is 921 g/mol. The third-order valence-corrected chi connectivity index (χ3v) is 14.7. The minimum atomic E-state index is -1.51. The molecule has 0 fully saturated rings. The molecular formula is C60H60N2O9Si. The van der Waals surface area contributed by atoms with Crippen LogP contribution >= 0.6 is 0 Å². The Labute approximate surface area is 421 Å². The van der Waals surface area contributed by atoms with E-state index in [1.807, 2.05) is 115 Å². The third kappa shape index (κ3) is 10.1. The Kier molecular flexibility index (Phi) is 14.5. The Morgan fingerprint density at radius 3 is 1.69 bits per heavy atom. The average molecular weight is 981 g/mol. The van der Waals surface area contributed by atoms with Gasteiger partial charge >= 0.3 is 5.97 Å². The first-order chi connectivity index (χ1) is 34.9. The first-order valence-electron chi connectivity index (χ1n) is 24.1. The second-order valence-electron chi connectivity index (χ2n) is 18.9. The molecule has 9 rings (SSSR count). The van der Waals surface area contributed by atoms with Crippen molar-refractivity contribution in [1.29, 1.82) is 0 Å². The van der Waals surface area contributed by atoms with Crippen molar-refractivity contribution in [2.75, 3.05) is 35.0 Å². The highest BCUT2D eigenvalue weighted by Gasteiger charge is 2.35. The predicted octanol–water partition coefficient (Wildman–Crippen LogP) is 13.4. The fourth-order valence-electron chi connectivity index (χ4n) is 9.41. The second-order valence-corrected chi connectivity index (χ2v) is 24.6. The highest BCUT2D eigenvalue weighted by molar-refractivity contribution is 6.76. The van der Waals surface area contributed by atoms with Crippen LogP contribution in [0.2, 0.25) is 25.7 Å². The number of para-hydroxylation sites is 1. The second kappa shape index (κ2) is 21.3. The van der Waals surface area contributed by atoms with Crippen LogP contribution in [-0.4, -0.2) is 64.0 Å². The number of methoxy groups -OCH3 is 4. The Bertz CT molecular complexity index is 3370. The monoisotopic (exact) mass is 980 g/mol. The van der Waals surface area contributed by atoms with Crippen LogP contribution in [0, 0.1) is 0 Å². The fraction of sp³-hybridized carbons (Fsp3) is 0.233. The summed E-state index contributed by atoms with van der Waals surface area (Å²) in [4.78, 5) is 29.8. The van der Waals surface area contributed by atoms with Crippen molar-refractivity contribution in [3.8, 4) is 56.8 Å². The number of carbonyl (C=O) groups excluding carboxylic acids is 2. The molecule has 2 aromatic heterocycles. The number of nitrogens with zero attached hydrogens (tertiary/aromatic N) is 2. The fourth-order valence-corrected chi connectivity index (χ4v) is 10.2. The van der Waals surface area contributed by atoms with E-state index in [2.05, 4.69) is 34.8 Å². The van der Waals surface area contributed by atoms with Gasteiger partial charge in [-0.2, -0.15) is 0 Å². The molecule has 0 saturated carbocycles. The van der Waals surface area contributed by atoms with E-state index in [0.717, 1.165) is 55.7 Å². The SMILES string of the molecule is COc1ccc(CCn2c(C(=O)c3ccc(OC)cc3)c(-c3ccc(OC)cc3)c3c4c5cccc(OCc6ccccc6)c5n(COCC[Si](C)(C)C)c4c(OC(C)=O)c(-c4ccc(OC)cc4)c32)cc1. The molecule has 0 aliphatic carbocycles. The molecule has 0 saturated heterocycles. The van der Waals surface area contributed by atoms with Crippen molar-refractivity contribution in [2.45, 2.75) is 58.9 Å². The van der Waals surface area contributed by atoms with E-state index >= 15 is 4.79 Å². The van der Waals surface area contributed by atoms with Gasteiger partial charge < -0.3 is 42.3 Å². The Hall–Kier alpha value is -7.80. The zero-order valence-electron chi connectivity index (χ0n) is 42.2. The van der Waals surface area contributed by atoms with E-state index in [9.17, 15) is 4.79 Å². The molecule has 0 aliphatic heterocycles. The summed E-state index contributed by atoms with van der Waals surface area (Å²) in [6.07, 6.45) is 0.534. The number of hydrogen-bond acceptors (Lipinski definition) is 9. The van der Waals surface area contributed by atoms with Crippen LogP contribution in [0.15, 0.2) is 146 Å². The van der Waals surface area contributed by atoms with Crippen LogP contribution in [0.3, 0.4) is 0 Å². The van der Waals surface area contributed by atoms with Gasteiger partial charge in [0.1, 0.15) is 42.1 Å². The molecule has 11 nitrogen and oxygen atoms in total. The quantitative estimate of drug-likeness (QED) is 0.0242. The summed E-state index contributed by atoms with van der Waals surface area (Å²) in [5, 5.41) is 2.38. The first kappa shape index (κ1) is 49.2. The summed E-state index contributed by atoms with van der Waals surface area (Å²) in [5.74, 6) is 2.91. The normalized spacial score (nSPS) is 11.6. The van der Waals surface area contributed by atoms with Gasteiger partial charge in [0.2, 0.25) is 5.78 Å². The lowest BCUT2D eigenvalue weighted by Gasteiger charge is -2.20. The van der Waals surface area contributed by atoms with Gasteiger partial charge in [-0.05, 0) is 101 Å². The maximum absolute atomic E-state index is 15.9. The molecule has 0 unspecified atom stereocenters. The van der Waals surface area contributed by atoms with Crippen molar-refractivity contribution in [3.05, 3.63) is 168 Å². The highest BCUT2D eigenvalue weighted by atomic mass is 28.3. The minimum absolute atomic E-state index is 0.117. The van der Waals surface area contributed by atoms with E-state index < -0.39 is 14.0 Å². The predicted molar refractivity (Wildman–Crippen MR) is 288 cm³/mol. The van der Waals surface area contributed by atoms with Crippen molar-refractivity contribution >= 4 is 52.5 Å². The van der Waals surface area contributed by atoms with Crippen molar-refractivity contribution in [3.63, 3.8) is 0 Å². The van der Waals surface area contributed by atoms with E-state index in [1.54, 1.807) is 52.7 Å². The molecule has 2 heterocycles. The molecule has 72 heavy (non-hydrogen) atoms. The lowest BCUT2D eigenvalue weighted by atomic mass is 9.92. The van der Waals surface area contributed by atoms with E-state index in [0.29, 0.717) is 88.3 Å². The summed E-state index contributed by atoms with van der Waals surface area (Å²) in [6, 6.07) is 47.8. The number of rotatable bonds is 20. The third-order valence-electron chi connectivity index (χ3n) is 13.0.